The van der Waals surface area contributed by atoms with E-state index >= 15 is 0 Å². The van der Waals surface area contributed by atoms with E-state index in [0.717, 1.165) is 30.3 Å². The summed E-state index contributed by atoms with van der Waals surface area (Å²) in [6.07, 6.45) is 4.24. The van der Waals surface area contributed by atoms with E-state index in [1.54, 1.807) is 24.9 Å². The predicted octanol–water partition coefficient (Wildman–Crippen LogP) is 3.68. The zero-order valence-electron chi connectivity index (χ0n) is 16.0. The van der Waals surface area contributed by atoms with E-state index in [1.807, 2.05) is 5.38 Å². The van der Waals surface area contributed by atoms with Gasteiger partial charge in [0.05, 0.1) is 16.5 Å². The standard InChI is InChI=1S/C19H24FN3O3S2/c1-3-22(4-2)28(25,26)14-8-9-16(20)15(13-14)19(24)23-11-6-5-7-17(23)18-21-10-12-27-18/h8-10,12-13,17H,3-7,11H2,1-2H3. The molecule has 1 atom stereocenters. The highest BCUT2D eigenvalue weighted by atomic mass is 32.2. The van der Waals surface area contributed by atoms with Gasteiger partial charge in [0.25, 0.3) is 5.91 Å². The van der Waals surface area contributed by atoms with Gasteiger partial charge in [0.1, 0.15) is 10.8 Å². The summed E-state index contributed by atoms with van der Waals surface area (Å²) in [5.41, 5.74) is -0.211. The Hall–Kier alpha value is -1.84. The number of hydrogen-bond acceptors (Lipinski definition) is 5. The average Bonchev–Trinajstić information content (AvgIpc) is 3.23. The van der Waals surface area contributed by atoms with Crippen LogP contribution in [0.15, 0.2) is 34.7 Å². The van der Waals surface area contributed by atoms with Gasteiger partial charge in [-0.25, -0.2) is 17.8 Å². The summed E-state index contributed by atoms with van der Waals surface area (Å²) < 4.78 is 41.4. The molecule has 1 aliphatic heterocycles. The predicted molar refractivity (Wildman–Crippen MR) is 106 cm³/mol. The molecule has 1 unspecified atom stereocenters. The summed E-state index contributed by atoms with van der Waals surface area (Å²) in [7, 11) is -3.78. The third kappa shape index (κ3) is 3.97. The number of carbonyl (C=O) groups is 1. The van der Waals surface area contributed by atoms with Gasteiger partial charge in [-0.2, -0.15) is 4.31 Å². The highest BCUT2D eigenvalue weighted by Gasteiger charge is 2.32. The molecule has 0 bridgehead atoms. The summed E-state index contributed by atoms with van der Waals surface area (Å²) in [6.45, 7) is 4.58. The van der Waals surface area contributed by atoms with E-state index in [9.17, 15) is 17.6 Å². The SMILES string of the molecule is CCN(CC)S(=O)(=O)c1ccc(F)c(C(=O)N2CCCCC2c2nccs2)c1. The molecule has 1 fully saturated rings. The van der Waals surface area contributed by atoms with Crippen molar-refractivity contribution in [2.75, 3.05) is 19.6 Å². The first kappa shape index (κ1) is 20.9. The smallest absolute Gasteiger partial charge is 0.257 e. The van der Waals surface area contributed by atoms with Gasteiger partial charge in [-0.15, -0.1) is 11.3 Å². The van der Waals surface area contributed by atoms with Crippen molar-refractivity contribution in [2.45, 2.75) is 44.0 Å². The first-order valence-electron chi connectivity index (χ1n) is 9.40. The normalized spacial score (nSPS) is 17.9. The van der Waals surface area contributed by atoms with Crippen LogP contribution in [0.4, 0.5) is 4.39 Å². The molecule has 3 rings (SSSR count). The molecule has 1 saturated heterocycles. The van der Waals surface area contributed by atoms with Gasteiger partial charge < -0.3 is 4.90 Å². The number of piperidine rings is 1. The maximum atomic E-state index is 14.5. The minimum absolute atomic E-state index is 0.0660. The van der Waals surface area contributed by atoms with Gasteiger partial charge >= 0.3 is 0 Å². The fraction of sp³-hybridized carbons (Fsp3) is 0.474. The van der Waals surface area contributed by atoms with Gasteiger partial charge in [0, 0.05) is 31.2 Å². The molecule has 2 heterocycles. The average molecular weight is 426 g/mol. The van der Waals surface area contributed by atoms with Crippen molar-refractivity contribution in [1.29, 1.82) is 0 Å². The molecular weight excluding hydrogens is 401 g/mol. The first-order valence-corrected chi connectivity index (χ1v) is 11.7. The second-order valence-electron chi connectivity index (χ2n) is 6.61. The third-order valence-electron chi connectivity index (χ3n) is 5.01. The lowest BCUT2D eigenvalue weighted by molar-refractivity contribution is 0.0606. The zero-order chi connectivity index (χ0) is 20.3. The van der Waals surface area contributed by atoms with Crippen LogP contribution in [0.5, 0.6) is 0 Å². The van der Waals surface area contributed by atoms with Crippen LogP contribution >= 0.6 is 11.3 Å². The van der Waals surface area contributed by atoms with E-state index in [1.165, 1.54) is 27.8 Å². The summed E-state index contributed by atoms with van der Waals surface area (Å²) >= 11 is 1.47. The number of carbonyl (C=O) groups excluding carboxylic acids is 1. The van der Waals surface area contributed by atoms with Gasteiger partial charge in [0.15, 0.2) is 0 Å². The van der Waals surface area contributed by atoms with Crippen LogP contribution in [0.3, 0.4) is 0 Å². The molecule has 0 radical (unpaired) electrons. The van der Waals surface area contributed by atoms with Crippen molar-refractivity contribution in [2.24, 2.45) is 0 Å². The Balaban J connectivity index is 1.97. The fourth-order valence-electron chi connectivity index (χ4n) is 3.53. The zero-order valence-corrected chi connectivity index (χ0v) is 17.6. The van der Waals surface area contributed by atoms with Crippen LogP contribution in [0.25, 0.3) is 0 Å². The van der Waals surface area contributed by atoms with Crippen molar-refractivity contribution in [3.8, 4) is 0 Å². The van der Waals surface area contributed by atoms with E-state index in [-0.39, 0.29) is 16.5 Å². The Morgan fingerprint density at radius 2 is 2.07 bits per heavy atom. The maximum Gasteiger partial charge on any atom is 0.257 e. The molecule has 1 aromatic heterocycles. The minimum Gasteiger partial charge on any atom is -0.329 e. The van der Waals surface area contributed by atoms with Gasteiger partial charge in [-0.1, -0.05) is 13.8 Å². The molecule has 2 aromatic rings. The summed E-state index contributed by atoms with van der Waals surface area (Å²) in [5, 5.41) is 2.67. The van der Waals surface area contributed by atoms with Crippen molar-refractivity contribution in [3.05, 3.63) is 46.2 Å². The number of benzene rings is 1. The highest BCUT2D eigenvalue weighted by molar-refractivity contribution is 7.89. The highest BCUT2D eigenvalue weighted by Crippen LogP contribution is 2.33. The Bertz CT molecular complexity index is 928. The molecule has 6 nitrogen and oxygen atoms in total. The van der Waals surface area contributed by atoms with E-state index < -0.39 is 21.7 Å². The van der Waals surface area contributed by atoms with Gasteiger partial charge in [-0.3, -0.25) is 4.79 Å². The van der Waals surface area contributed by atoms with Crippen LogP contribution in [0, 0.1) is 5.82 Å². The lowest BCUT2D eigenvalue weighted by Gasteiger charge is -2.34. The fourth-order valence-corrected chi connectivity index (χ4v) is 5.80. The Labute approximate surface area is 169 Å². The van der Waals surface area contributed by atoms with Gasteiger partial charge in [-0.05, 0) is 37.5 Å². The summed E-state index contributed by atoms with van der Waals surface area (Å²) in [4.78, 5) is 19.0. The minimum atomic E-state index is -3.78. The molecule has 0 N–H and O–H groups in total. The number of rotatable bonds is 6. The number of halogens is 1. The van der Waals surface area contributed by atoms with E-state index in [4.69, 9.17) is 0 Å². The number of hydrogen-bond donors (Lipinski definition) is 0. The molecule has 0 spiro atoms. The second kappa shape index (κ2) is 8.67. The first-order chi connectivity index (χ1) is 13.4. The molecular formula is C19H24FN3O3S2. The molecule has 1 aliphatic rings. The van der Waals surface area contributed by atoms with E-state index in [2.05, 4.69) is 4.98 Å². The lowest BCUT2D eigenvalue weighted by atomic mass is 10.0. The van der Waals surface area contributed by atoms with Crippen LogP contribution in [-0.4, -0.2) is 48.1 Å². The molecule has 0 saturated carbocycles. The van der Waals surface area contributed by atoms with Crippen LogP contribution in [-0.2, 0) is 10.0 Å². The summed E-state index contributed by atoms with van der Waals surface area (Å²) in [6, 6.07) is 3.24. The number of thiazole rings is 1. The molecule has 1 amide bonds. The number of aromatic nitrogens is 1. The van der Waals surface area contributed by atoms with Gasteiger partial charge in [0.2, 0.25) is 10.0 Å². The molecule has 152 valence electrons. The molecule has 9 heteroatoms. The maximum absolute atomic E-state index is 14.5. The Morgan fingerprint density at radius 3 is 2.71 bits per heavy atom. The Kier molecular flexibility index (Phi) is 6.47. The van der Waals surface area contributed by atoms with Crippen molar-refractivity contribution >= 4 is 27.3 Å². The quantitative estimate of drug-likeness (QED) is 0.708. The second-order valence-corrected chi connectivity index (χ2v) is 9.48. The van der Waals surface area contributed by atoms with E-state index in [0.29, 0.717) is 19.6 Å². The van der Waals surface area contributed by atoms with Crippen LogP contribution in [0.2, 0.25) is 0 Å². The number of likely N-dealkylation sites (tertiary alicyclic amines) is 1. The van der Waals surface area contributed by atoms with Crippen LogP contribution < -0.4 is 0 Å². The molecule has 0 aliphatic carbocycles. The molecule has 1 aromatic carbocycles. The number of amides is 1. The lowest BCUT2D eigenvalue weighted by Crippen LogP contribution is -2.39. The number of sulfonamides is 1. The largest absolute Gasteiger partial charge is 0.329 e. The third-order valence-corrected chi connectivity index (χ3v) is 7.93. The number of nitrogens with zero attached hydrogens (tertiary/aromatic N) is 3. The summed E-state index contributed by atoms with van der Waals surface area (Å²) in [5.74, 6) is -1.21. The Morgan fingerprint density at radius 1 is 1.32 bits per heavy atom. The topological polar surface area (TPSA) is 70.6 Å². The monoisotopic (exact) mass is 425 g/mol. The molecule has 28 heavy (non-hydrogen) atoms. The van der Waals surface area contributed by atoms with Crippen LogP contribution in [0.1, 0.15) is 54.5 Å². The van der Waals surface area contributed by atoms with Crippen molar-refractivity contribution < 1.29 is 17.6 Å². The van der Waals surface area contributed by atoms with Crippen molar-refractivity contribution in [1.82, 2.24) is 14.2 Å². The van der Waals surface area contributed by atoms with Crippen molar-refractivity contribution in [3.63, 3.8) is 0 Å².